The second-order valence-corrected chi connectivity index (χ2v) is 5.40. The molecular weight excluding hydrogens is 254 g/mol. The lowest BCUT2D eigenvalue weighted by Gasteiger charge is -2.22. The van der Waals surface area contributed by atoms with Gasteiger partial charge in [0.1, 0.15) is 0 Å². The van der Waals surface area contributed by atoms with Gasteiger partial charge in [-0.1, -0.05) is 6.92 Å². The highest BCUT2D eigenvalue weighted by atomic mass is 16.1. The number of rotatable bonds is 5. The van der Waals surface area contributed by atoms with Crippen molar-refractivity contribution in [1.29, 1.82) is 0 Å². The first-order valence-corrected chi connectivity index (χ1v) is 7.40. The van der Waals surface area contributed by atoms with Crippen LogP contribution in [0.2, 0.25) is 0 Å². The lowest BCUT2D eigenvalue weighted by molar-refractivity contribution is -0.117. The molecule has 0 radical (unpaired) electrons. The van der Waals surface area contributed by atoms with Gasteiger partial charge in [0, 0.05) is 25.2 Å². The zero-order chi connectivity index (χ0) is 14.4. The predicted octanol–water partition coefficient (Wildman–Crippen LogP) is 1.59. The minimum absolute atomic E-state index is 0.0248. The molecule has 0 unspecified atom stereocenters. The zero-order valence-corrected chi connectivity index (χ0v) is 12.0. The van der Waals surface area contributed by atoms with Gasteiger partial charge in [-0.2, -0.15) is 0 Å². The van der Waals surface area contributed by atoms with Crippen molar-refractivity contribution < 1.29 is 4.79 Å². The summed E-state index contributed by atoms with van der Waals surface area (Å²) in [7, 11) is 0. The molecule has 20 heavy (non-hydrogen) atoms. The molecule has 2 N–H and O–H groups in total. The monoisotopic (exact) mass is 277 g/mol. The molecule has 1 saturated heterocycles. The van der Waals surface area contributed by atoms with Crippen molar-refractivity contribution in [1.82, 2.24) is 9.88 Å². The largest absolute Gasteiger partial charge is 0.325 e. The number of amides is 1. The third-order valence-electron chi connectivity index (χ3n) is 3.66. The second kappa shape index (κ2) is 7.24. The number of pyridine rings is 1. The van der Waals surface area contributed by atoms with Crippen molar-refractivity contribution in [2.45, 2.75) is 39.2 Å². The molecule has 0 spiro atoms. The van der Waals surface area contributed by atoms with Gasteiger partial charge < -0.3 is 15.2 Å². The molecule has 1 aromatic rings. The van der Waals surface area contributed by atoms with E-state index in [1.54, 1.807) is 16.8 Å². The summed E-state index contributed by atoms with van der Waals surface area (Å²) in [6, 6.07) is 3.19. The van der Waals surface area contributed by atoms with Crippen LogP contribution >= 0.6 is 0 Å². The summed E-state index contributed by atoms with van der Waals surface area (Å²) < 4.78 is 1.64. The molecular formula is C15H23N3O2. The Morgan fingerprint density at radius 3 is 2.85 bits per heavy atom. The molecule has 2 rings (SSSR count). The number of carbonyl (C=O) groups is 1. The van der Waals surface area contributed by atoms with E-state index in [1.807, 2.05) is 6.92 Å². The molecule has 5 heteroatoms. The summed E-state index contributed by atoms with van der Waals surface area (Å²) >= 11 is 0. The summed E-state index contributed by atoms with van der Waals surface area (Å²) in [4.78, 5) is 23.6. The fourth-order valence-electron chi connectivity index (χ4n) is 2.58. The number of aromatic nitrogens is 1. The SMILES string of the molecule is CCCn1cc(NC(=O)CC2CCNCC2)ccc1=O. The summed E-state index contributed by atoms with van der Waals surface area (Å²) in [5, 5.41) is 6.19. The van der Waals surface area contributed by atoms with Crippen molar-refractivity contribution in [2.24, 2.45) is 5.92 Å². The Bertz CT molecular complexity index is 504. The van der Waals surface area contributed by atoms with Gasteiger partial charge in [0.05, 0.1) is 5.69 Å². The molecule has 0 aromatic carbocycles. The number of hydrogen-bond acceptors (Lipinski definition) is 3. The third-order valence-corrected chi connectivity index (χ3v) is 3.66. The molecule has 0 bridgehead atoms. The van der Waals surface area contributed by atoms with E-state index >= 15 is 0 Å². The maximum atomic E-state index is 12.0. The van der Waals surface area contributed by atoms with Crippen LogP contribution < -0.4 is 16.2 Å². The molecule has 110 valence electrons. The van der Waals surface area contributed by atoms with E-state index in [-0.39, 0.29) is 11.5 Å². The smallest absolute Gasteiger partial charge is 0.250 e. The normalized spacial score (nSPS) is 16.1. The average Bonchev–Trinajstić information content (AvgIpc) is 2.44. The van der Waals surface area contributed by atoms with Crippen molar-refractivity contribution in [3.05, 3.63) is 28.7 Å². The van der Waals surface area contributed by atoms with Gasteiger partial charge in [-0.25, -0.2) is 0 Å². The van der Waals surface area contributed by atoms with Gasteiger partial charge in [0.25, 0.3) is 5.56 Å². The summed E-state index contributed by atoms with van der Waals surface area (Å²) in [6.07, 6.45) is 5.30. The van der Waals surface area contributed by atoms with Gasteiger partial charge in [0.2, 0.25) is 5.91 Å². The molecule has 1 aromatic heterocycles. The van der Waals surface area contributed by atoms with E-state index in [0.717, 1.165) is 32.4 Å². The van der Waals surface area contributed by atoms with Crippen LogP contribution in [0.25, 0.3) is 0 Å². The molecule has 1 aliphatic rings. The van der Waals surface area contributed by atoms with Crippen LogP contribution in [0.3, 0.4) is 0 Å². The molecule has 0 saturated carbocycles. The maximum Gasteiger partial charge on any atom is 0.250 e. The van der Waals surface area contributed by atoms with E-state index in [1.165, 1.54) is 6.07 Å². The minimum Gasteiger partial charge on any atom is -0.325 e. The summed E-state index contributed by atoms with van der Waals surface area (Å²) in [5.41, 5.74) is 0.681. The molecule has 1 fully saturated rings. The van der Waals surface area contributed by atoms with Crippen LogP contribution in [0, 0.1) is 5.92 Å². The van der Waals surface area contributed by atoms with Crippen LogP contribution in [0.1, 0.15) is 32.6 Å². The Morgan fingerprint density at radius 1 is 1.40 bits per heavy atom. The summed E-state index contributed by atoms with van der Waals surface area (Å²) in [6.45, 7) is 4.70. The van der Waals surface area contributed by atoms with Gasteiger partial charge >= 0.3 is 0 Å². The van der Waals surface area contributed by atoms with Gasteiger partial charge in [-0.15, -0.1) is 0 Å². The van der Waals surface area contributed by atoms with Crippen LogP contribution in [-0.2, 0) is 11.3 Å². The molecule has 2 heterocycles. The lowest BCUT2D eigenvalue weighted by atomic mass is 9.94. The highest BCUT2D eigenvalue weighted by molar-refractivity contribution is 5.90. The van der Waals surface area contributed by atoms with E-state index in [9.17, 15) is 9.59 Å². The summed E-state index contributed by atoms with van der Waals surface area (Å²) in [5.74, 6) is 0.511. The van der Waals surface area contributed by atoms with Crippen LogP contribution in [0.4, 0.5) is 5.69 Å². The Balaban J connectivity index is 1.93. The van der Waals surface area contributed by atoms with E-state index in [2.05, 4.69) is 10.6 Å². The zero-order valence-electron chi connectivity index (χ0n) is 12.0. The average molecular weight is 277 g/mol. The molecule has 0 atom stereocenters. The topological polar surface area (TPSA) is 63.1 Å². The fraction of sp³-hybridized carbons (Fsp3) is 0.600. The second-order valence-electron chi connectivity index (χ2n) is 5.40. The third kappa shape index (κ3) is 4.20. The molecule has 1 amide bonds. The Labute approximate surface area is 119 Å². The first kappa shape index (κ1) is 14.8. The van der Waals surface area contributed by atoms with Gasteiger partial charge in [-0.05, 0) is 44.3 Å². The maximum absolute atomic E-state index is 12.0. The Hall–Kier alpha value is -1.62. The lowest BCUT2D eigenvalue weighted by Crippen LogP contribution is -2.30. The van der Waals surface area contributed by atoms with Crippen LogP contribution in [-0.4, -0.2) is 23.6 Å². The van der Waals surface area contributed by atoms with Crippen molar-refractivity contribution in [3.63, 3.8) is 0 Å². The standard InChI is InChI=1S/C15H23N3O2/c1-2-9-18-11-13(3-4-15(18)20)17-14(19)10-12-5-7-16-8-6-12/h3-4,11-12,16H,2,5-10H2,1H3,(H,17,19). The van der Waals surface area contributed by atoms with E-state index in [0.29, 0.717) is 24.6 Å². The predicted molar refractivity (Wildman–Crippen MR) is 79.8 cm³/mol. The number of aryl methyl sites for hydroxylation is 1. The highest BCUT2D eigenvalue weighted by Crippen LogP contribution is 2.16. The van der Waals surface area contributed by atoms with Gasteiger partial charge in [0.15, 0.2) is 0 Å². The first-order valence-electron chi connectivity index (χ1n) is 7.40. The molecule has 0 aliphatic carbocycles. The first-order chi connectivity index (χ1) is 9.69. The minimum atomic E-state index is -0.0248. The number of nitrogens with one attached hydrogen (secondary N) is 2. The number of carbonyl (C=O) groups excluding carboxylic acids is 1. The van der Waals surface area contributed by atoms with E-state index < -0.39 is 0 Å². The van der Waals surface area contributed by atoms with E-state index in [4.69, 9.17) is 0 Å². The molecule has 1 aliphatic heterocycles. The quantitative estimate of drug-likeness (QED) is 0.859. The van der Waals surface area contributed by atoms with Crippen molar-refractivity contribution in [3.8, 4) is 0 Å². The number of hydrogen-bond donors (Lipinski definition) is 2. The van der Waals surface area contributed by atoms with Crippen molar-refractivity contribution >= 4 is 11.6 Å². The Morgan fingerprint density at radius 2 is 2.15 bits per heavy atom. The Kier molecular flexibility index (Phi) is 5.35. The van der Waals surface area contributed by atoms with Crippen LogP contribution in [0.15, 0.2) is 23.1 Å². The number of anilines is 1. The molecule has 5 nitrogen and oxygen atoms in total. The van der Waals surface area contributed by atoms with Crippen LogP contribution in [0.5, 0.6) is 0 Å². The number of piperidine rings is 1. The number of nitrogens with zero attached hydrogens (tertiary/aromatic N) is 1. The highest BCUT2D eigenvalue weighted by Gasteiger charge is 2.16. The van der Waals surface area contributed by atoms with Crippen molar-refractivity contribution in [2.75, 3.05) is 18.4 Å². The fourth-order valence-corrected chi connectivity index (χ4v) is 2.58. The van der Waals surface area contributed by atoms with Gasteiger partial charge in [-0.3, -0.25) is 9.59 Å².